The van der Waals surface area contributed by atoms with Gasteiger partial charge in [-0.1, -0.05) is 36.4 Å². The molecule has 0 fully saturated rings. The number of nitrogens with zero attached hydrogens (tertiary/aromatic N) is 4. The fourth-order valence-electron chi connectivity index (χ4n) is 4.86. The van der Waals surface area contributed by atoms with Crippen molar-refractivity contribution in [1.82, 2.24) is 19.5 Å². The Morgan fingerprint density at radius 2 is 1.69 bits per heavy atom. The second-order valence-corrected chi connectivity index (χ2v) is 8.96. The third kappa shape index (κ3) is 3.95. The Balaban J connectivity index is 1.37. The lowest BCUT2D eigenvalue weighted by Gasteiger charge is -2.14. The Bertz CT molecular complexity index is 1770. The summed E-state index contributed by atoms with van der Waals surface area (Å²) in [4.78, 5) is 26.9. The molecular weight excluding hydrogens is 432 g/mol. The molecule has 4 heterocycles. The fourth-order valence-corrected chi connectivity index (χ4v) is 4.86. The summed E-state index contributed by atoms with van der Waals surface area (Å²) in [5, 5.41) is 3.24. The molecule has 0 radical (unpaired) electrons. The molecule has 0 aliphatic carbocycles. The van der Waals surface area contributed by atoms with Gasteiger partial charge >= 0.3 is 0 Å². The standard InChI is InChI=1S/C30H24N4O/c1-20-10-12-32-30-24(18-31-19-26(20)30)15-23-16-29(35)34(28-9-5-3-7-25(23)28)13-11-21-14-22-6-2-4-8-27(22)33-17-21/h2-10,12,14,16-19H,11,13,15H2,1H3. The van der Waals surface area contributed by atoms with E-state index in [0.29, 0.717) is 13.0 Å². The van der Waals surface area contributed by atoms with Crippen LogP contribution in [0.1, 0.15) is 22.3 Å². The fraction of sp³-hybridized carbons (Fsp3) is 0.133. The van der Waals surface area contributed by atoms with Crippen molar-refractivity contribution in [2.24, 2.45) is 0 Å². The topological polar surface area (TPSA) is 60.7 Å². The summed E-state index contributed by atoms with van der Waals surface area (Å²) in [6.45, 7) is 2.66. The zero-order valence-electron chi connectivity index (χ0n) is 19.5. The van der Waals surface area contributed by atoms with Gasteiger partial charge in [0.25, 0.3) is 5.56 Å². The predicted molar refractivity (Wildman–Crippen MR) is 141 cm³/mol. The first-order valence-corrected chi connectivity index (χ1v) is 11.8. The molecule has 0 saturated carbocycles. The van der Waals surface area contributed by atoms with Crippen LogP contribution in [0.4, 0.5) is 0 Å². The maximum absolute atomic E-state index is 13.3. The van der Waals surface area contributed by atoms with Gasteiger partial charge in [-0.3, -0.25) is 19.7 Å². The van der Waals surface area contributed by atoms with Gasteiger partial charge in [-0.05, 0) is 54.3 Å². The van der Waals surface area contributed by atoms with Crippen LogP contribution in [-0.4, -0.2) is 19.5 Å². The third-order valence-corrected chi connectivity index (χ3v) is 6.70. The van der Waals surface area contributed by atoms with E-state index in [2.05, 4.69) is 40.1 Å². The highest BCUT2D eigenvalue weighted by atomic mass is 16.1. The number of hydrogen-bond donors (Lipinski definition) is 0. The van der Waals surface area contributed by atoms with Crippen LogP contribution < -0.4 is 5.56 Å². The lowest BCUT2D eigenvalue weighted by atomic mass is 9.99. The number of pyridine rings is 4. The molecule has 4 aromatic heterocycles. The Kier molecular flexibility index (Phi) is 5.30. The van der Waals surface area contributed by atoms with Gasteiger partial charge < -0.3 is 4.57 Å². The van der Waals surface area contributed by atoms with Crippen LogP contribution in [0.15, 0.2) is 96.3 Å². The van der Waals surface area contributed by atoms with Crippen molar-refractivity contribution in [2.75, 3.05) is 0 Å². The number of benzene rings is 2. The van der Waals surface area contributed by atoms with Gasteiger partial charge in [-0.15, -0.1) is 0 Å². The second kappa shape index (κ2) is 8.76. The molecule has 0 saturated heterocycles. The molecule has 35 heavy (non-hydrogen) atoms. The van der Waals surface area contributed by atoms with Crippen molar-refractivity contribution >= 4 is 32.7 Å². The van der Waals surface area contributed by atoms with Crippen LogP contribution >= 0.6 is 0 Å². The van der Waals surface area contributed by atoms with Gasteiger partial charge in [0.2, 0.25) is 0 Å². The monoisotopic (exact) mass is 456 g/mol. The minimum Gasteiger partial charge on any atom is -0.308 e. The molecule has 0 aliphatic heterocycles. The molecule has 5 nitrogen and oxygen atoms in total. The van der Waals surface area contributed by atoms with Crippen LogP contribution in [0, 0.1) is 6.92 Å². The largest absolute Gasteiger partial charge is 0.308 e. The van der Waals surface area contributed by atoms with E-state index in [1.54, 1.807) is 6.07 Å². The predicted octanol–water partition coefficient (Wildman–Crippen LogP) is 5.63. The van der Waals surface area contributed by atoms with Crippen LogP contribution in [0.3, 0.4) is 0 Å². The summed E-state index contributed by atoms with van der Waals surface area (Å²) in [6, 6.07) is 22.2. The minimum absolute atomic E-state index is 0.00443. The van der Waals surface area contributed by atoms with E-state index in [1.165, 1.54) is 0 Å². The summed E-state index contributed by atoms with van der Waals surface area (Å²) < 4.78 is 1.87. The molecule has 0 unspecified atom stereocenters. The molecule has 0 atom stereocenters. The van der Waals surface area contributed by atoms with E-state index >= 15 is 0 Å². The van der Waals surface area contributed by atoms with Crippen molar-refractivity contribution in [1.29, 1.82) is 0 Å². The molecule has 2 aromatic carbocycles. The van der Waals surface area contributed by atoms with Crippen LogP contribution in [0.5, 0.6) is 0 Å². The molecule has 170 valence electrons. The summed E-state index contributed by atoms with van der Waals surface area (Å²) in [7, 11) is 0. The molecule has 6 aromatic rings. The average molecular weight is 457 g/mol. The summed E-state index contributed by atoms with van der Waals surface area (Å²) in [5.74, 6) is 0. The first kappa shape index (κ1) is 21.2. The number of hydrogen-bond acceptors (Lipinski definition) is 4. The number of aryl methyl sites for hydroxylation is 3. The smallest absolute Gasteiger partial charge is 0.251 e. The molecule has 0 bridgehead atoms. The Labute approximate surface area is 202 Å². The second-order valence-electron chi connectivity index (χ2n) is 8.96. The summed E-state index contributed by atoms with van der Waals surface area (Å²) in [5.41, 5.74) is 7.15. The van der Waals surface area contributed by atoms with E-state index in [0.717, 1.165) is 61.4 Å². The summed E-state index contributed by atoms with van der Waals surface area (Å²) >= 11 is 0. The maximum atomic E-state index is 13.3. The molecule has 0 spiro atoms. The normalized spacial score (nSPS) is 11.5. The minimum atomic E-state index is 0.00443. The van der Waals surface area contributed by atoms with Crippen LogP contribution in [0.2, 0.25) is 0 Å². The van der Waals surface area contributed by atoms with E-state index in [9.17, 15) is 4.79 Å². The molecule has 0 N–H and O–H groups in total. The SMILES string of the molecule is Cc1ccnc2c(Cc3cc(=O)n(CCc4cnc5ccccc5c4)c4ccccc34)cncc12. The lowest BCUT2D eigenvalue weighted by molar-refractivity contribution is 0.693. The number of rotatable bonds is 5. The quantitative estimate of drug-likeness (QED) is 0.337. The van der Waals surface area contributed by atoms with Crippen molar-refractivity contribution in [3.63, 3.8) is 0 Å². The van der Waals surface area contributed by atoms with Crippen LogP contribution in [-0.2, 0) is 19.4 Å². The van der Waals surface area contributed by atoms with Gasteiger partial charge in [0, 0.05) is 65.5 Å². The average Bonchev–Trinajstić information content (AvgIpc) is 2.89. The van der Waals surface area contributed by atoms with Gasteiger partial charge in [0.1, 0.15) is 0 Å². The number of fused-ring (bicyclic) bond motifs is 3. The third-order valence-electron chi connectivity index (χ3n) is 6.70. The van der Waals surface area contributed by atoms with Crippen molar-refractivity contribution in [2.45, 2.75) is 26.3 Å². The Morgan fingerprint density at radius 3 is 2.63 bits per heavy atom. The van der Waals surface area contributed by atoms with Gasteiger partial charge in [-0.25, -0.2) is 0 Å². The zero-order valence-corrected chi connectivity index (χ0v) is 19.5. The van der Waals surface area contributed by atoms with Crippen molar-refractivity contribution in [3.05, 3.63) is 124 Å². The highest BCUT2D eigenvalue weighted by Crippen LogP contribution is 2.24. The molecular formula is C30H24N4O. The first-order chi connectivity index (χ1) is 17.2. The van der Waals surface area contributed by atoms with Gasteiger partial charge in [0.05, 0.1) is 16.6 Å². The Hall–Kier alpha value is -4.38. The number of para-hydroxylation sites is 2. The summed E-state index contributed by atoms with van der Waals surface area (Å²) in [6.07, 6.45) is 8.80. The number of aromatic nitrogens is 4. The molecule has 5 heteroatoms. The molecule has 6 rings (SSSR count). The van der Waals surface area contributed by atoms with Gasteiger partial charge in [-0.2, -0.15) is 0 Å². The van der Waals surface area contributed by atoms with E-state index < -0.39 is 0 Å². The Morgan fingerprint density at radius 1 is 0.829 bits per heavy atom. The highest BCUT2D eigenvalue weighted by molar-refractivity contribution is 5.86. The van der Waals surface area contributed by atoms with Gasteiger partial charge in [0.15, 0.2) is 0 Å². The van der Waals surface area contributed by atoms with E-state index in [4.69, 9.17) is 0 Å². The first-order valence-electron chi connectivity index (χ1n) is 11.8. The van der Waals surface area contributed by atoms with E-state index in [-0.39, 0.29) is 5.56 Å². The molecule has 0 aliphatic rings. The highest BCUT2D eigenvalue weighted by Gasteiger charge is 2.12. The molecule has 0 amide bonds. The van der Waals surface area contributed by atoms with Crippen molar-refractivity contribution < 1.29 is 0 Å². The van der Waals surface area contributed by atoms with Crippen molar-refractivity contribution in [3.8, 4) is 0 Å². The maximum Gasteiger partial charge on any atom is 0.251 e. The van der Waals surface area contributed by atoms with Crippen LogP contribution in [0.25, 0.3) is 32.7 Å². The van der Waals surface area contributed by atoms with E-state index in [1.807, 2.05) is 71.8 Å². The zero-order chi connectivity index (χ0) is 23.8. The lowest BCUT2D eigenvalue weighted by Crippen LogP contribution is -2.22.